The minimum absolute atomic E-state index is 0.00376. The van der Waals surface area contributed by atoms with Crippen molar-refractivity contribution in [2.24, 2.45) is 5.92 Å². The molecule has 2 rings (SSSR count). The van der Waals surface area contributed by atoms with Gasteiger partial charge in [-0.1, -0.05) is 18.2 Å². The largest absolute Gasteiger partial charge is 0.478 e. The third-order valence-corrected chi connectivity index (χ3v) is 4.41. The first-order valence-electron chi connectivity index (χ1n) is 8.41. The topological polar surface area (TPSA) is 63.6 Å². The van der Waals surface area contributed by atoms with Gasteiger partial charge < -0.3 is 9.84 Å². The normalized spacial score (nSPS) is 20.7. The SMILES string of the molecule is C=CCCC1CCC(OC(=O)c2ccc(/C=C/C(=O)O)cc2)CC1. The van der Waals surface area contributed by atoms with Crippen molar-refractivity contribution >= 4 is 18.0 Å². The number of hydrogen-bond acceptors (Lipinski definition) is 3. The minimum Gasteiger partial charge on any atom is -0.478 e. The lowest BCUT2D eigenvalue weighted by atomic mass is 9.84. The van der Waals surface area contributed by atoms with E-state index in [1.807, 2.05) is 6.08 Å². The monoisotopic (exact) mass is 328 g/mol. The molecule has 1 aromatic rings. The molecule has 0 amide bonds. The molecule has 0 radical (unpaired) electrons. The molecule has 128 valence electrons. The molecule has 4 nitrogen and oxygen atoms in total. The second kappa shape index (κ2) is 9.06. The Morgan fingerprint density at radius 3 is 2.42 bits per heavy atom. The van der Waals surface area contributed by atoms with E-state index in [0.29, 0.717) is 5.56 Å². The van der Waals surface area contributed by atoms with E-state index in [2.05, 4.69) is 6.58 Å². The average molecular weight is 328 g/mol. The Morgan fingerprint density at radius 2 is 1.83 bits per heavy atom. The number of rotatable bonds is 7. The van der Waals surface area contributed by atoms with E-state index in [4.69, 9.17) is 9.84 Å². The first-order valence-corrected chi connectivity index (χ1v) is 8.41. The number of carboxylic acids is 1. The van der Waals surface area contributed by atoms with Gasteiger partial charge in [-0.05, 0) is 68.2 Å². The van der Waals surface area contributed by atoms with Crippen LogP contribution < -0.4 is 0 Å². The molecule has 0 saturated heterocycles. The third kappa shape index (κ3) is 5.69. The van der Waals surface area contributed by atoms with Crippen LogP contribution in [0.15, 0.2) is 43.0 Å². The third-order valence-electron chi connectivity index (χ3n) is 4.41. The number of hydrogen-bond donors (Lipinski definition) is 1. The summed E-state index contributed by atoms with van der Waals surface area (Å²) in [6.07, 6.45) is 10.8. The molecule has 0 atom stereocenters. The number of benzene rings is 1. The molecule has 0 spiro atoms. The van der Waals surface area contributed by atoms with E-state index >= 15 is 0 Å². The molecular formula is C20H24O4. The van der Waals surface area contributed by atoms with Crippen molar-refractivity contribution in [3.63, 3.8) is 0 Å². The van der Waals surface area contributed by atoms with Crippen molar-refractivity contribution in [3.05, 3.63) is 54.1 Å². The van der Waals surface area contributed by atoms with Crippen LogP contribution in [0.1, 0.15) is 54.4 Å². The maximum Gasteiger partial charge on any atom is 0.338 e. The molecule has 1 fully saturated rings. The van der Waals surface area contributed by atoms with Crippen molar-refractivity contribution in [3.8, 4) is 0 Å². The van der Waals surface area contributed by atoms with Crippen LogP contribution >= 0.6 is 0 Å². The van der Waals surface area contributed by atoms with E-state index in [0.717, 1.165) is 49.7 Å². The van der Waals surface area contributed by atoms with Gasteiger partial charge in [-0.15, -0.1) is 6.58 Å². The maximum absolute atomic E-state index is 12.2. The van der Waals surface area contributed by atoms with E-state index in [9.17, 15) is 9.59 Å². The van der Waals surface area contributed by atoms with Crippen molar-refractivity contribution in [2.75, 3.05) is 0 Å². The lowest BCUT2D eigenvalue weighted by Gasteiger charge is -2.28. The van der Waals surface area contributed by atoms with Crippen LogP contribution in [0.25, 0.3) is 6.08 Å². The van der Waals surface area contributed by atoms with Crippen molar-refractivity contribution in [1.82, 2.24) is 0 Å². The molecule has 1 N–H and O–H groups in total. The second-order valence-electron chi connectivity index (χ2n) is 6.21. The highest BCUT2D eigenvalue weighted by molar-refractivity contribution is 5.90. The molecule has 1 aromatic carbocycles. The lowest BCUT2D eigenvalue weighted by molar-refractivity contribution is -0.131. The van der Waals surface area contributed by atoms with Crippen LogP contribution in [0.4, 0.5) is 0 Å². The number of carbonyl (C=O) groups is 2. The fourth-order valence-electron chi connectivity index (χ4n) is 3.01. The van der Waals surface area contributed by atoms with Gasteiger partial charge in [0.15, 0.2) is 0 Å². The van der Waals surface area contributed by atoms with E-state index in [-0.39, 0.29) is 12.1 Å². The Hall–Kier alpha value is -2.36. The van der Waals surface area contributed by atoms with Crippen LogP contribution in [-0.4, -0.2) is 23.1 Å². The van der Waals surface area contributed by atoms with Crippen LogP contribution in [-0.2, 0) is 9.53 Å². The summed E-state index contributed by atoms with van der Waals surface area (Å²) in [6.45, 7) is 3.76. The van der Waals surface area contributed by atoms with Gasteiger partial charge in [-0.25, -0.2) is 9.59 Å². The zero-order valence-corrected chi connectivity index (χ0v) is 13.8. The van der Waals surface area contributed by atoms with Gasteiger partial charge in [-0.2, -0.15) is 0 Å². The van der Waals surface area contributed by atoms with Gasteiger partial charge in [-0.3, -0.25) is 0 Å². The number of ether oxygens (including phenoxy) is 1. The summed E-state index contributed by atoms with van der Waals surface area (Å²) in [7, 11) is 0. The number of esters is 1. The van der Waals surface area contributed by atoms with E-state index in [1.165, 1.54) is 12.5 Å². The summed E-state index contributed by atoms with van der Waals surface area (Å²) in [5.41, 5.74) is 1.23. The minimum atomic E-state index is -0.998. The van der Waals surface area contributed by atoms with Crippen molar-refractivity contribution in [2.45, 2.75) is 44.6 Å². The molecule has 1 aliphatic carbocycles. The summed E-state index contributed by atoms with van der Waals surface area (Å²) in [5, 5.41) is 8.60. The zero-order valence-electron chi connectivity index (χ0n) is 13.8. The predicted octanol–water partition coefficient (Wildman–Crippen LogP) is 4.47. The Bertz CT molecular complexity index is 593. The van der Waals surface area contributed by atoms with Gasteiger partial charge in [0.05, 0.1) is 5.56 Å². The standard InChI is InChI=1S/C20H24O4/c1-2-3-4-15-7-12-18(13-8-15)24-20(23)17-10-5-16(6-11-17)9-14-19(21)22/h2,5-6,9-11,14-15,18H,1,3-4,7-8,12-13H2,(H,21,22)/b14-9+. The van der Waals surface area contributed by atoms with Gasteiger partial charge in [0.2, 0.25) is 0 Å². The molecule has 0 aliphatic heterocycles. The number of allylic oxidation sites excluding steroid dienone is 1. The Labute approximate surface area is 142 Å². The molecule has 0 unspecified atom stereocenters. The highest BCUT2D eigenvalue weighted by Gasteiger charge is 2.23. The Balaban J connectivity index is 1.82. The molecule has 0 aromatic heterocycles. The number of aliphatic carboxylic acids is 1. The van der Waals surface area contributed by atoms with Crippen LogP contribution in [0.3, 0.4) is 0 Å². The Kier molecular flexibility index (Phi) is 6.79. The van der Waals surface area contributed by atoms with E-state index in [1.54, 1.807) is 24.3 Å². The van der Waals surface area contributed by atoms with Gasteiger partial charge in [0, 0.05) is 6.08 Å². The van der Waals surface area contributed by atoms with Crippen molar-refractivity contribution < 1.29 is 19.4 Å². The van der Waals surface area contributed by atoms with Crippen molar-refractivity contribution in [1.29, 1.82) is 0 Å². The summed E-state index contributed by atoms with van der Waals surface area (Å²) in [6, 6.07) is 6.75. The molecule has 24 heavy (non-hydrogen) atoms. The van der Waals surface area contributed by atoms with Gasteiger partial charge in [0.1, 0.15) is 6.10 Å². The van der Waals surface area contributed by atoms with Crippen LogP contribution in [0, 0.1) is 5.92 Å². The summed E-state index contributed by atoms with van der Waals surface area (Å²) >= 11 is 0. The highest BCUT2D eigenvalue weighted by Crippen LogP contribution is 2.30. The zero-order chi connectivity index (χ0) is 17.4. The quantitative estimate of drug-likeness (QED) is 0.456. The average Bonchev–Trinajstić information content (AvgIpc) is 2.59. The first kappa shape index (κ1) is 18.0. The smallest absolute Gasteiger partial charge is 0.338 e. The number of carbonyl (C=O) groups excluding carboxylic acids is 1. The van der Waals surface area contributed by atoms with Crippen LogP contribution in [0.5, 0.6) is 0 Å². The summed E-state index contributed by atoms with van der Waals surface area (Å²) in [4.78, 5) is 22.7. The second-order valence-corrected chi connectivity index (χ2v) is 6.21. The number of carboxylic acid groups (broad SMARTS) is 1. The maximum atomic E-state index is 12.2. The summed E-state index contributed by atoms with van der Waals surface area (Å²) in [5.74, 6) is -0.584. The fraction of sp³-hybridized carbons (Fsp3) is 0.400. The summed E-state index contributed by atoms with van der Waals surface area (Å²) < 4.78 is 5.60. The van der Waals surface area contributed by atoms with Crippen LogP contribution in [0.2, 0.25) is 0 Å². The van der Waals surface area contributed by atoms with E-state index < -0.39 is 5.97 Å². The lowest BCUT2D eigenvalue weighted by Crippen LogP contribution is -2.24. The molecule has 1 aliphatic rings. The molecule has 0 heterocycles. The molecule has 1 saturated carbocycles. The molecule has 0 bridgehead atoms. The fourth-order valence-corrected chi connectivity index (χ4v) is 3.01. The highest BCUT2D eigenvalue weighted by atomic mass is 16.5. The van der Waals surface area contributed by atoms with Gasteiger partial charge in [0.25, 0.3) is 0 Å². The molecule has 4 heteroatoms. The molecular weight excluding hydrogens is 304 g/mol. The van der Waals surface area contributed by atoms with Gasteiger partial charge >= 0.3 is 11.9 Å². The first-order chi connectivity index (χ1) is 11.6. The predicted molar refractivity (Wildman–Crippen MR) is 93.7 cm³/mol. The Morgan fingerprint density at radius 1 is 1.17 bits per heavy atom.